The zero-order valence-corrected chi connectivity index (χ0v) is 11.4. The number of hydrogen-bond donors (Lipinski definition) is 1. The van der Waals surface area contributed by atoms with Gasteiger partial charge >= 0.3 is 0 Å². The molecule has 18 heavy (non-hydrogen) atoms. The van der Waals surface area contributed by atoms with Crippen molar-refractivity contribution in [3.05, 3.63) is 29.8 Å². The van der Waals surface area contributed by atoms with Crippen LogP contribution in [0.15, 0.2) is 24.3 Å². The Bertz CT molecular complexity index is 396. The summed E-state index contributed by atoms with van der Waals surface area (Å²) in [5.41, 5.74) is 1.21. The first kappa shape index (κ1) is 14.5. The first-order valence-electron chi connectivity index (χ1n) is 6.53. The lowest BCUT2D eigenvalue weighted by molar-refractivity contribution is 0.292. The highest BCUT2D eigenvalue weighted by molar-refractivity contribution is 5.33. The van der Waals surface area contributed by atoms with Gasteiger partial charge in [0.05, 0.1) is 18.7 Å². The van der Waals surface area contributed by atoms with Gasteiger partial charge in [-0.25, -0.2) is 0 Å². The van der Waals surface area contributed by atoms with E-state index in [-0.39, 0.29) is 6.04 Å². The fraction of sp³-hybridized carbons (Fsp3) is 0.533. The molecule has 1 aromatic carbocycles. The predicted molar refractivity (Wildman–Crippen MR) is 73.6 cm³/mol. The van der Waals surface area contributed by atoms with E-state index >= 15 is 0 Å². The van der Waals surface area contributed by atoms with Crippen LogP contribution in [0.1, 0.15) is 32.8 Å². The third-order valence-corrected chi connectivity index (χ3v) is 2.71. The minimum atomic E-state index is -0.140. The standard InChI is InChI=1S/C15H22N2O/c1-4-13-7-5-6-8-15(13)18-10-9-14(11-16)17-12(2)3/h5-8,12,14,17H,4,9-10H2,1-3H3. The highest BCUT2D eigenvalue weighted by atomic mass is 16.5. The third kappa shape index (κ3) is 4.77. The molecule has 0 spiro atoms. The number of nitrogens with zero attached hydrogens (tertiary/aromatic N) is 1. The Morgan fingerprint density at radius 2 is 2.06 bits per heavy atom. The highest BCUT2D eigenvalue weighted by Crippen LogP contribution is 2.18. The molecule has 0 amide bonds. The molecule has 3 nitrogen and oxygen atoms in total. The molecule has 0 aliphatic carbocycles. The summed E-state index contributed by atoms with van der Waals surface area (Å²) in [6.45, 7) is 6.75. The van der Waals surface area contributed by atoms with Crippen molar-refractivity contribution in [2.24, 2.45) is 0 Å². The van der Waals surface area contributed by atoms with E-state index in [0.717, 1.165) is 12.2 Å². The topological polar surface area (TPSA) is 45.0 Å². The molecule has 1 N–H and O–H groups in total. The van der Waals surface area contributed by atoms with Crippen LogP contribution in [0.25, 0.3) is 0 Å². The first-order valence-corrected chi connectivity index (χ1v) is 6.53. The van der Waals surface area contributed by atoms with Crippen LogP contribution < -0.4 is 10.1 Å². The molecule has 0 aromatic heterocycles. The first-order chi connectivity index (χ1) is 8.67. The second kappa shape index (κ2) is 7.73. The fourth-order valence-electron chi connectivity index (χ4n) is 1.81. The largest absolute Gasteiger partial charge is 0.493 e. The van der Waals surface area contributed by atoms with Crippen LogP contribution in [0.5, 0.6) is 5.75 Å². The number of aryl methyl sites for hydroxylation is 1. The summed E-state index contributed by atoms with van der Waals surface area (Å²) < 4.78 is 5.75. The van der Waals surface area contributed by atoms with Gasteiger partial charge in [0.15, 0.2) is 0 Å². The Morgan fingerprint density at radius 3 is 2.67 bits per heavy atom. The molecule has 0 heterocycles. The molecule has 0 saturated heterocycles. The van der Waals surface area contributed by atoms with Crippen LogP contribution in [-0.4, -0.2) is 18.7 Å². The summed E-state index contributed by atoms with van der Waals surface area (Å²) in [5.74, 6) is 0.932. The van der Waals surface area contributed by atoms with Gasteiger partial charge in [-0.05, 0) is 31.9 Å². The van der Waals surface area contributed by atoms with E-state index in [2.05, 4.69) is 24.4 Å². The van der Waals surface area contributed by atoms with Crippen LogP contribution in [0.2, 0.25) is 0 Å². The molecule has 0 saturated carbocycles. The normalized spacial score (nSPS) is 12.2. The Balaban J connectivity index is 2.43. The quantitative estimate of drug-likeness (QED) is 0.804. The molecule has 98 valence electrons. The molecule has 3 heteroatoms. The number of hydrogen-bond acceptors (Lipinski definition) is 3. The van der Waals surface area contributed by atoms with Crippen molar-refractivity contribution < 1.29 is 4.74 Å². The highest BCUT2D eigenvalue weighted by Gasteiger charge is 2.09. The average molecular weight is 246 g/mol. The van der Waals surface area contributed by atoms with Gasteiger partial charge in [0, 0.05) is 12.5 Å². The zero-order valence-electron chi connectivity index (χ0n) is 11.4. The SMILES string of the molecule is CCc1ccccc1OCCC(C#N)NC(C)C. The van der Waals surface area contributed by atoms with Crippen molar-refractivity contribution in [1.82, 2.24) is 5.32 Å². The Hall–Kier alpha value is -1.53. The van der Waals surface area contributed by atoms with Crippen molar-refractivity contribution in [2.75, 3.05) is 6.61 Å². The van der Waals surface area contributed by atoms with Crippen LogP contribution >= 0.6 is 0 Å². The molecule has 1 atom stereocenters. The number of nitriles is 1. The van der Waals surface area contributed by atoms with E-state index in [1.165, 1.54) is 5.56 Å². The number of benzene rings is 1. The molecule has 1 unspecified atom stereocenters. The predicted octanol–water partition coefficient (Wildman–Crippen LogP) is 2.91. The van der Waals surface area contributed by atoms with Crippen LogP contribution in [0.4, 0.5) is 0 Å². The van der Waals surface area contributed by atoms with Gasteiger partial charge in [0.1, 0.15) is 5.75 Å². The lowest BCUT2D eigenvalue weighted by atomic mass is 10.1. The fourth-order valence-corrected chi connectivity index (χ4v) is 1.81. The number of rotatable bonds is 7. The van der Waals surface area contributed by atoms with Gasteiger partial charge in [0.25, 0.3) is 0 Å². The van der Waals surface area contributed by atoms with E-state index < -0.39 is 0 Å². The summed E-state index contributed by atoms with van der Waals surface area (Å²) in [6.07, 6.45) is 1.66. The van der Waals surface area contributed by atoms with E-state index in [0.29, 0.717) is 19.1 Å². The molecular weight excluding hydrogens is 224 g/mol. The van der Waals surface area contributed by atoms with Crippen molar-refractivity contribution in [2.45, 2.75) is 45.7 Å². The molecular formula is C15H22N2O. The summed E-state index contributed by atoms with van der Waals surface area (Å²) in [5, 5.41) is 12.2. The Kier molecular flexibility index (Phi) is 6.24. The zero-order chi connectivity index (χ0) is 13.4. The van der Waals surface area contributed by atoms with E-state index in [1.807, 2.05) is 32.0 Å². The Labute approximate surface area is 110 Å². The number of ether oxygens (including phenoxy) is 1. The molecule has 0 radical (unpaired) electrons. The maximum Gasteiger partial charge on any atom is 0.122 e. The molecule has 0 aliphatic rings. The minimum absolute atomic E-state index is 0.140. The summed E-state index contributed by atoms with van der Waals surface area (Å²) >= 11 is 0. The van der Waals surface area contributed by atoms with E-state index in [4.69, 9.17) is 10.00 Å². The third-order valence-electron chi connectivity index (χ3n) is 2.71. The lowest BCUT2D eigenvalue weighted by Gasteiger charge is -2.15. The smallest absolute Gasteiger partial charge is 0.122 e. The van der Waals surface area contributed by atoms with E-state index in [1.54, 1.807) is 0 Å². The maximum absolute atomic E-state index is 9.00. The van der Waals surface area contributed by atoms with Crippen molar-refractivity contribution in [3.63, 3.8) is 0 Å². The molecule has 0 aliphatic heterocycles. The van der Waals surface area contributed by atoms with Gasteiger partial charge in [-0.2, -0.15) is 5.26 Å². The van der Waals surface area contributed by atoms with Gasteiger partial charge in [0.2, 0.25) is 0 Å². The summed E-state index contributed by atoms with van der Waals surface area (Å²) in [4.78, 5) is 0. The lowest BCUT2D eigenvalue weighted by Crippen LogP contribution is -2.34. The van der Waals surface area contributed by atoms with Crippen LogP contribution in [0.3, 0.4) is 0 Å². The second-order valence-corrected chi connectivity index (χ2v) is 4.60. The molecule has 1 rings (SSSR count). The average Bonchev–Trinajstić information content (AvgIpc) is 2.37. The van der Waals surface area contributed by atoms with Crippen molar-refractivity contribution in [1.29, 1.82) is 5.26 Å². The minimum Gasteiger partial charge on any atom is -0.493 e. The van der Waals surface area contributed by atoms with Gasteiger partial charge < -0.3 is 4.74 Å². The molecule has 1 aromatic rings. The molecule has 0 fully saturated rings. The van der Waals surface area contributed by atoms with Gasteiger partial charge in [-0.1, -0.05) is 25.1 Å². The number of nitrogens with one attached hydrogen (secondary N) is 1. The Morgan fingerprint density at radius 1 is 1.33 bits per heavy atom. The van der Waals surface area contributed by atoms with Crippen LogP contribution in [-0.2, 0) is 6.42 Å². The second-order valence-electron chi connectivity index (χ2n) is 4.60. The summed E-state index contributed by atoms with van der Waals surface area (Å²) in [6, 6.07) is 10.5. The monoisotopic (exact) mass is 246 g/mol. The van der Waals surface area contributed by atoms with Crippen molar-refractivity contribution in [3.8, 4) is 11.8 Å². The van der Waals surface area contributed by atoms with Gasteiger partial charge in [-0.15, -0.1) is 0 Å². The summed E-state index contributed by atoms with van der Waals surface area (Å²) in [7, 11) is 0. The van der Waals surface area contributed by atoms with Crippen LogP contribution in [0, 0.1) is 11.3 Å². The van der Waals surface area contributed by atoms with Crippen molar-refractivity contribution >= 4 is 0 Å². The van der Waals surface area contributed by atoms with Gasteiger partial charge in [-0.3, -0.25) is 5.32 Å². The maximum atomic E-state index is 9.00. The molecule has 0 bridgehead atoms. The number of para-hydroxylation sites is 1. The van der Waals surface area contributed by atoms with E-state index in [9.17, 15) is 0 Å².